The summed E-state index contributed by atoms with van der Waals surface area (Å²) in [4.78, 5) is 12.6. The SMILES string of the molecule is CCC[CH2][Sn]([CH2]CCC)([CH2]CCC)[O]C(=O)C1CCCC1. The van der Waals surface area contributed by atoms with Gasteiger partial charge in [-0.25, -0.2) is 0 Å². The molecule has 1 saturated carbocycles. The summed E-state index contributed by atoms with van der Waals surface area (Å²) in [6.45, 7) is 6.78. The molecule has 0 radical (unpaired) electrons. The molecule has 1 aliphatic rings. The standard InChI is InChI=1S/C6H10O2.3C4H9.Sn/c7-6(8)5-3-1-2-4-5;3*1-3-4-2;/h5H,1-4H2,(H,7,8);3*1,3-4H2,2H3;/q;;;;+1/p-1. The zero-order valence-electron chi connectivity index (χ0n) is 14.6. The van der Waals surface area contributed by atoms with E-state index in [0.717, 1.165) is 12.8 Å². The van der Waals surface area contributed by atoms with Gasteiger partial charge in [-0.05, 0) is 0 Å². The van der Waals surface area contributed by atoms with Crippen LogP contribution in [0.5, 0.6) is 0 Å². The van der Waals surface area contributed by atoms with E-state index < -0.39 is 18.8 Å². The number of hydrogen-bond acceptors (Lipinski definition) is 2. The monoisotopic (exact) mass is 404 g/mol. The summed E-state index contributed by atoms with van der Waals surface area (Å²) in [7, 11) is 0. The van der Waals surface area contributed by atoms with E-state index in [0.29, 0.717) is 0 Å². The first kappa shape index (κ1) is 19.3. The van der Waals surface area contributed by atoms with Gasteiger partial charge >= 0.3 is 137 Å². The van der Waals surface area contributed by atoms with Crippen LogP contribution in [0.4, 0.5) is 0 Å². The molecular weight excluding hydrogens is 367 g/mol. The topological polar surface area (TPSA) is 26.3 Å². The number of unbranched alkanes of at least 4 members (excludes halogenated alkanes) is 3. The van der Waals surface area contributed by atoms with Crippen molar-refractivity contribution in [3.05, 3.63) is 0 Å². The van der Waals surface area contributed by atoms with Crippen molar-refractivity contribution in [1.29, 1.82) is 0 Å². The quantitative estimate of drug-likeness (QED) is 0.392. The van der Waals surface area contributed by atoms with E-state index in [1.807, 2.05) is 0 Å². The summed E-state index contributed by atoms with van der Waals surface area (Å²) in [5.41, 5.74) is 0. The fourth-order valence-electron chi connectivity index (χ4n) is 3.48. The molecule has 0 atom stereocenters. The zero-order valence-corrected chi connectivity index (χ0v) is 17.4. The van der Waals surface area contributed by atoms with E-state index in [9.17, 15) is 4.79 Å². The summed E-state index contributed by atoms with van der Waals surface area (Å²) in [6, 6.07) is 0. The Labute approximate surface area is 136 Å². The van der Waals surface area contributed by atoms with Gasteiger partial charge in [0.15, 0.2) is 0 Å². The van der Waals surface area contributed by atoms with Gasteiger partial charge in [-0.15, -0.1) is 0 Å². The van der Waals surface area contributed by atoms with Gasteiger partial charge in [0.2, 0.25) is 0 Å². The predicted octanol–water partition coefficient (Wildman–Crippen LogP) is 6.07. The van der Waals surface area contributed by atoms with Crippen molar-refractivity contribution in [2.75, 3.05) is 0 Å². The second-order valence-corrected chi connectivity index (χ2v) is 18.5. The van der Waals surface area contributed by atoms with E-state index in [-0.39, 0.29) is 11.9 Å². The van der Waals surface area contributed by atoms with Crippen molar-refractivity contribution in [3.63, 3.8) is 0 Å². The predicted molar refractivity (Wildman–Crippen MR) is 92.9 cm³/mol. The van der Waals surface area contributed by atoms with Crippen LogP contribution in [0.3, 0.4) is 0 Å². The molecule has 0 unspecified atom stereocenters. The van der Waals surface area contributed by atoms with Crippen LogP contribution in [-0.2, 0) is 7.87 Å². The molecule has 0 N–H and O–H groups in total. The Morgan fingerprint density at radius 1 is 0.905 bits per heavy atom. The number of rotatable bonds is 11. The Hall–Kier alpha value is 0.269. The molecule has 21 heavy (non-hydrogen) atoms. The van der Waals surface area contributed by atoms with Crippen molar-refractivity contribution in [2.45, 2.75) is 98.3 Å². The van der Waals surface area contributed by atoms with Crippen molar-refractivity contribution in [2.24, 2.45) is 5.92 Å². The second kappa shape index (κ2) is 10.9. The average Bonchev–Trinajstić information content (AvgIpc) is 3.03. The van der Waals surface area contributed by atoms with Gasteiger partial charge in [0.05, 0.1) is 0 Å². The Balaban J connectivity index is 2.70. The molecular formula is C18H36O2Sn. The van der Waals surface area contributed by atoms with Gasteiger partial charge < -0.3 is 0 Å². The van der Waals surface area contributed by atoms with Crippen LogP contribution in [0.2, 0.25) is 13.3 Å². The normalized spacial score (nSPS) is 16.3. The third kappa shape index (κ3) is 6.92. The molecule has 124 valence electrons. The molecule has 0 spiro atoms. The zero-order chi connectivity index (χ0) is 15.6. The Bertz CT molecular complexity index is 263. The minimum atomic E-state index is -2.70. The molecule has 0 amide bonds. The Kier molecular flexibility index (Phi) is 10.0. The molecule has 0 bridgehead atoms. The molecule has 0 aromatic rings. The van der Waals surface area contributed by atoms with E-state index in [1.165, 1.54) is 64.7 Å². The van der Waals surface area contributed by atoms with Crippen LogP contribution in [-0.4, -0.2) is 24.8 Å². The molecule has 0 heterocycles. The first-order chi connectivity index (χ1) is 10.2. The van der Waals surface area contributed by atoms with Crippen LogP contribution in [0.25, 0.3) is 0 Å². The van der Waals surface area contributed by atoms with Crippen LogP contribution < -0.4 is 0 Å². The molecule has 1 aliphatic carbocycles. The van der Waals surface area contributed by atoms with E-state index >= 15 is 0 Å². The molecule has 0 aliphatic heterocycles. The molecule has 1 rings (SSSR count). The van der Waals surface area contributed by atoms with Crippen molar-refractivity contribution < 1.29 is 7.87 Å². The molecule has 0 aromatic heterocycles. The second-order valence-electron chi connectivity index (χ2n) is 6.90. The van der Waals surface area contributed by atoms with Crippen molar-refractivity contribution in [3.8, 4) is 0 Å². The first-order valence-corrected chi connectivity index (χ1v) is 16.6. The fourth-order valence-corrected chi connectivity index (χ4v) is 16.7. The maximum absolute atomic E-state index is 12.6. The summed E-state index contributed by atoms with van der Waals surface area (Å²) in [5.74, 6) is 0.442. The molecule has 2 nitrogen and oxygen atoms in total. The molecule has 1 fully saturated rings. The van der Waals surface area contributed by atoms with Gasteiger partial charge in [-0.1, -0.05) is 0 Å². The van der Waals surface area contributed by atoms with Gasteiger partial charge in [-0.2, -0.15) is 0 Å². The summed E-state index contributed by atoms with van der Waals surface area (Å²) in [6.07, 6.45) is 12.1. The molecule has 3 heteroatoms. The number of hydrogen-bond donors (Lipinski definition) is 0. The summed E-state index contributed by atoms with van der Waals surface area (Å²) < 4.78 is 10.2. The average molecular weight is 403 g/mol. The van der Waals surface area contributed by atoms with Crippen LogP contribution >= 0.6 is 0 Å². The summed E-state index contributed by atoms with van der Waals surface area (Å²) >= 11 is -2.70. The van der Waals surface area contributed by atoms with Gasteiger partial charge in [-0.3, -0.25) is 0 Å². The fraction of sp³-hybridized carbons (Fsp3) is 0.944. The van der Waals surface area contributed by atoms with Crippen molar-refractivity contribution in [1.82, 2.24) is 0 Å². The van der Waals surface area contributed by atoms with Gasteiger partial charge in [0.25, 0.3) is 0 Å². The van der Waals surface area contributed by atoms with Crippen molar-refractivity contribution >= 4 is 24.8 Å². The summed E-state index contributed by atoms with van der Waals surface area (Å²) in [5, 5.41) is 0. The van der Waals surface area contributed by atoms with Crippen LogP contribution in [0.15, 0.2) is 0 Å². The van der Waals surface area contributed by atoms with E-state index in [2.05, 4.69) is 20.8 Å². The van der Waals surface area contributed by atoms with Gasteiger partial charge in [0, 0.05) is 0 Å². The minimum absolute atomic E-state index is 0.201. The molecule has 0 saturated heterocycles. The maximum atomic E-state index is 12.6. The first-order valence-electron chi connectivity index (χ1n) is 9.40. The van der Waals surface area contributed by atoms with Gasteiger partial charge in [0.1, 0.15) is 0 Å². The number of carbonyl (C=O) groups is 1. The third-order valence-corrected chi connectivity index (χ3v) is 17.6. The number of carbonyl (C=O) groups excluding carboxylic acids is 1. The van der Waals surface area contributed by atoms with E-state index in [4.69, 9.17) is 3.07 Å². The third-order valence-electron chi connectivity index (χ3n) is 4.96. The Morgan fingerprint density at radius 2 is 1.33 bits per heavy atom. The van der Waals surface area contributed by atoms with Crippen LogP contribution in [0, 0.1) is 5.92 Å². The van der Waals surface area contributed by atoms with Crippen LogP contribution in [0.1, 0.15) is 85.0 Å². The van der Waals surface area contributed by atoms with E-state index in [1.54, 1.807) is 0 Å². The molecule has 0 aromatic carbocycles. The Morgan fingerprint density at radius 3 is 1.71 bits per heavy atom.